The average molecular weight is 372 g/mol. The summed E-state index contributed by atoms with van der Waals surface area (Å²) in [4.78, 5) is 12.2. The van der Waals surface area contributed by atoms with Crippen LogP contribution in [0.4, 0.5) is 5.69 Å². The first-order valence-electron chi connectivity index (χ1n) is 8.07. The van der Waals surface area contributed by atoms with E-state index >= 15 is 0 Å². The Labute approximate surface area is 155 Å². The molecule has 0 amide bonds. The van der Waals surface area contributed by atoms with Crippen molar-refractivity contribution in [2.45, 2.75) is 0 Å². The molecule has 0 aliphatic carbocycles. The number of nitrogen functional groups attached to an aromatic ring is 1. The van der Waals surface area contributed by atoms with Crippen molar-refractivity contribution in [1.82, 2.24) is 4.57 Å². The second-order valence-electron chi connectivity index (χ2n) is 5.70. The van der Waals surface area contributed by atoms with Gasteiger partial charge in [0.2, 0.25) is 0 Å². The van der Waals surface area contributed by atoms with Crippen LogP contribution in [0.1, 0.15) is 10.4 Å². The molecule has 3 rings (SSSR count). The van der Waals surface area contributed by atoms with Crippen LogP contribution < -0.4 is 10.5 Å². The number of ether oxygens (including phenoxy) is 4. The molecule has 0 atom stereocenters. The summed E-state index contributed by atoms with van der Waals surface area (Å²) < 4.78 is 22.0. The van der Waals surface area contributed by atoms with Gasteiger partial charge in [0.25, 0.3) is 0 Å². The Balaban J connectivity index is 2.07. The van der Waals surface area contributed by atoms with Gasteiger partial charge in [0.15, 0.2) is 13.6 Å². The van der Waals surface area contributed by atoms with Crippen LogP contribution in [0.25, 0.3) is 16.6 Å². The standard InChI is InChI=1S/C19H20N2O6/c1-24-10-26-17-8-12(6-7-13(17)19(23)27-11-25-2)21-9-14(20)18-15(21)4-3-5-16(18)22/h3-9,22H,10-11,20H2,1-2H3. The van der Waals surface area contributed by atoms with Crippen molar-refractivity contribution in [1.29, 1.82) is 0 Å². The molecule has 27 heavy (non-hydrogen) atoms. The summed E-state index contributed by atoms with van der Waals surface area (Å²) in [7, 11) is 2.91. The van der Waals surface area contributed by atoms with Crippen LogP contribution in [-0.4, -0.2) is 43.4 Å². The lowest BCUT2D eigenvalue weighted by Gasteiger charge is -2.13. The summed E-state index contributed by atoms with van der Waals surface area (Å²) in [5.74, 6) is -0.195. The molecule has 3 aromatic rings. The second-order valence-corrected chi connectivity index (χ2v) is 5.70. The highest BCUT2D eigenvalue weighted by Gasteiger charge is 2.17. The molecular weight excluding hydrogens is 352 g/mol. The summed E-state index contributed by atoms with van der Waals surface area (Å²) in [6.45, 7) is -0.203. The number of carbonyl (C=O) groups is 1. The third-order valence-electron chi connectivity index (χ3n) is 3.94. The maximum absolute atomic E-state index is 12.2. The Bertz CT molecular complexity index is 966. The molecule has 3 N–H and O–H groups in total. The molecule has 0 saturated heterocycles. The van der Waals surface area contributed by atoms with E-state index in [1.165, 1.54) is 14.2 Å². The normalized spacial score (nSPS) is 10.9. The monoisotopic (exact) mass is 372 g/mol. The topological polar surface area (TPSA) is 105 Å². The van der Waals surface area contributed by atoms with Crippen molar-refractivity contribution in [3.05, 3.63) is 48.2 Å². The second kappa shape index (κ2) is 7.98. The summed E-state index contributed by atoms with van der Waals surface area (Å²) in [5.41, 5.74) is 8.13. The quantitative estimate of drug-likeness (QED) is 0.485. The van der Waals surface area contributed by atoms with Crippen molar-refractivity contribution >= 4 is 22.6 Å². The van der Waals surface area contributed by atoms with Crippen LogP contribution in [0.3, 0.4) is 0 Å². The van der Waals surface area contributed by atoms with Crippen LogP contribution in [0, 0.1) is 0 Å². The highest BCUT2D eigenvalue weighted by Crippen LogP contribution is 2.34. The summed E-state index contributed by atoms with van der Waals surface area (Å²) in [6, 6.07) is 10.1. The molecule has 1 aromatic heterocycles. The molecule has 0 fully saturated rings. The van der Waals surface area contributed by atoms with Crippen LogP contribution in [0.5, 0.6) is 11.5 Å². The number of nitrogens with two attached hydrogens (primary N) is 1. The molecule has 142 valence electrons. The van der Waals surface area contributed by atoms with Gasteiger partial charge in [-0.25, -0.2) is 4.79 Å². The third kappa shape index (κ3) is 3.67. The number of aromatic nitrogens is 1. The van der Waals surface area contributed by atoms with Crippen LogP contribution in [0.15, 0.2) is 42.6 Å². The predicted octanol–water partition coefficient (Wildman–Crippen LogP) is 2.66. The first kappa shape index (κ1) is 18.6. The number of rotatable bonds is 7. The van der Waals surface area contributed by atoms with E-state index < -0.39 is 5.97 Å². The van der Waals surface area contributed by atoms with Gasteiger partial charge in [-0.05, 0) is 24.3 Å². The van der Waals surface area contributed by atoms with E-state index in [1.54, 1.807) is 41.1 Å². The Hall–Kier alpha value is -3.23. The van der Waals surface area contributed by atoms with Gasteiger partial charge in [-0.15, -0.1) is 0 Å². The minimum atomic E-state index is -0.580. The summed E-state index contributed by atoms with van der Waals surface area (Å²) in [6.07, 6.45) is 1.70. The van der Waals surface area contributed by atoms with E-state index in [9.17, 15) is 9.90 Å². The minimum absolute atomic E-state index is 0.0383. The van der Waals surface area contributed by atoms with Crippen molar-refractivity contribution in [3.63, 3.8) is 0 Å². The van der Waals surface area contributed by atoms with E-state index in [0.717, 1.165) is 5.52 Å². The van der Waals surface area contributed by atoms with E-state index in [1.807, 2.05) is 6.07 Å². The molecule has 8 heteroatoms. The fraction of sp³-hybridized carbons (Fsp3) is 0.211. The number of hydrogen-bond acceptors (Lipinski definition) is 7. The molecule has 8 nitrogen and oxygen atoms in total. The van der Waals surface area contributed by atoms with E-state index in [2.05, 4.69) is 0 Å². The van der Waals surface area contributed by atoms with Gasteiger partial charge in [0.1, 0.15) is 17.1 Å². The van der Waals surface area contributed by atoms with E-state index in [0.29, 0.717) is 16.8 Å². The number of anilines is 1. The fourth-order valence-electron chi connectivity index (χ4n) is 2.77. The van der Waals surface area contributed by atoms with Crippen LogP contribution in [0.2, 0.25) is 0 Å². The predicted molar refractivity (Wildman–Crippen MR) is 99.1 cm³/mol. The number of hydrogen-bond donors (Lipinski definition) is 2. The zero-order valence-electron chi connectivity index (χ0n) is 15.0. The van der Waals surface area contributed by atoms with Gasteiger partial charge in [-0.3, -0.25) is 0 Å². The van der Waals surface area contributed by atoms with Gasteiger partial charge < -0.3 is 34.4 Å². The molecule has 0 radical (unpaired) electrons. The number of benzene rings is 2. The van der Waals surface area contributed by atoms with Crippen molar-refractivity contribution in [2.24, 2.45) is 0 Å². The number of methoxy groups -OCH3 is 2. The molecule has 0 aliphatic rings. The molecular formula is C19H20N2O6. The lowest BCUT2D eigenvalue weighted by Crippen LogP contribution is -2.11. The molecule has 0 aliphatic heterocycles. The first-order chi connectivity index (χ1) is 13.1. The summed E-state index contributed by atoms with van der Waals surface area (Å²) in [5, 5.41) is 10.6. The zero-order valence-corrected chi connectivity index (χ0v) is 15.0. The van der Waals surface area contributed by atoms with Gasteiger partial charge in [0.05, 0.1) is 16.6 Å². The van der Waals surface area contributed by atoms with Gasteiger partial charge >= 0.3 is 5.97 Å². The SMILES string of the molecule is COCOC(=O)c1ccc(-n2cc(N)c3c(O)cccc32)cc1OCOC. The Kier molecular flexibility index (Phi) is 5.49. The third-order valence-corrected chi connectivity index (χ3v) is 3.94. The molecule has 0 spiro atoms. The molecule has 0 unspecified atom stereocenters. The zero-order chi connectivity index (χ0) is 19.4. The number of phenols is 1. The lowest BCUT2D eigenvalue weighted by molar-refractivity contribution is -0.0132. The number of esters is 1. The van der Waals surface area contributed by atoms with Gasteiger partial charge in [0, 0.05) is 32.2 Å². The molecule has 1 heterocycles. The fourth-order valence-corrected chi connectivity index (χ4v) is 2.77. The highest BCUT2D eigenvalue weighted by molar-refractivity contribution is 5.98. The van der Waals surface area contributed by atoms with Crippen molar-refractivity contribution in [3.8, 4) is 17.2 Å². The van der Waals surface area contributed by atoms with Crippen LogP contribution in [-0.2, 0) is 14.2 Å². The molecule has 0 saturated carbocycles. The Morgan fingerprint density at radius 1 is 1.15 bits per heavy atom. The van der Waals surface area contributed by atoms with Gasteiger partial charge in [-0.1, -0.05) is 6.07 Å². The minimum Gasteiger partial charge on any atom is -0.507 e. The Morgan fingerprint density at radius 2 is 1.93 bits per heavy atom. The number of carbonyl (C=O) groups excluding carboxylic acids is 1. The highest BCUT2D eigenvalue weighted by atomic mass is 16.7. The van der Waals surface area contributed by atoms with Crippen molar-refractivity contribution < 1.29 is 28.8 Å². The smallest absolute Gasteiger partial charge is 0.344 e. The number of phenolic OH excluding ortho intramolecular Hbond substituents is 1. The first-order valence-corrected chi connectivity index (χ1v) is 8.07. The van der Waals surface area contributed by atoms with E-state index in [-0.39, 0.29) is 30.6 Å². The van der Waals surface area contributed by atoms with E-state index in [4.69, 9.17) is 24.7 Å². The number of aromatic hydroxyl groups is 1. The average Bonchev–Trinajstić information content (AvgIpc) is 3.02. The van der Waals surface area contributed by atoms with Crippen LogP contribution >= 0.6 is 0 Å². The number of nitrogens with zero attached hydrogens (tertiary/aromatic N) is 1. The van der Waals surface area contributed by atoms with Gasteiger partial charge in [-0.2, -0.15) is 0 Å². The van der Waals surface area contributed by atoms with Crippen molar-refractivity contribution in [2.75, 3.05) is 33.5 Å². The largest absolute Gasteiger partial charge is 0.507 e. The summed E-state index contributed by atoms with van der Waals surface area (Å²) >= 11 is 0. The lowest BCUT2D eigenvalue weighted by atomic mass is 10.1. The molecule has 2 aromatic carbocycles. The Morgan fingerprint density at radius 3 is 2.67 bits per heavy atom. The maximum Gasteiger partial charge on any atom is 0.344 e. The molecule has 0 bridgehead atoms. The number of fused-ring (bicyclic) bond motifs is 1. The maximum atomic E-state index is 12.2.